The maximum Gasteiger partial charge on any atom is 0.277 e. The van der Waals surface area contributed by atoms with Crippen LogP contribution in [0.1, 0.15) is 34.8 Å². The molecule has 0 unspecified atom stereocenters. The van der Waals surface area contributed by atoms with Crippen LogP contribution in [-0.4, -0.2) is 31.4 Å². The van der Waals surface area contributed by atoms with Crippen LogP contribution in [0.4, 0.5) is 11.4 Å². The summed E-state index contributed by atoms with van der Waals surface area (Å²) in [6.07, 6.45) is 3.34. The topological polar surface area (TPSA) is 93.8 Å². The Morgan fingerprint density at radius 2 is 1.78 bits per heavy atom. The molecule has 1 aromatic carbocycles. The Morgan fingerprint density at radius 1 is 1.07 bits per heavy atom. The van der Waals surface area contributed by atoms with E-state index in [2.05, 4.69) is 36.8 Å². The monoisotopic (exact) mass is 430 g/mol. The molecule has 8 nitrogen and oxygen atoms in total. The first-order valence-electron chi connectivity index (χ1n) is 8.49. The zero-order valence-electron chi connectivity index (χ0n) is 14.9. The first-order chi connectivity index (χ1) is 13.0. The fourth-order valence-corrected chi connectivity index (χ4v) is 3.05. The third-order valence-corrected chi connectivity index (χ3v) is 4.46. The molecule has 0 bridgehead atoms. The fraction of sp³-hybridized carbons (Fsp3) is 0.222. The minimum atomic E-state index is -0.332. The highest BCUT2D eigenvalue weighted by Crippen LogP contribution is 2.20. The molecule has 2 heterocycles. The molecule has 2 aromatic heterocycles. The molecule has 0 radical (unpaired) electrons. The maximum absolute atomic E-state index is 12.5. The zero-order valence-corrected chi connectivity index (χ0v) is 16.5. The summed E-state index contributed by atoms with van der Waals surface area (Å²) >= 11 is 3.35. The minimum Gasteiger partial charge on any atom is -0.321 e. The van der Waals surface area contributed by atoms with Gasteiger partial charge in [-0.05, 0) is 54.0 Å². The lowest BCUT2D eigenvalue weighted by Crippen LogP contribution is -2.18. The van der Waals surface area contributed by atoms with Crippen molar-refractivity contribution in [1.29, 1.82) is 0 Å². The number of hydrogen-bond acceptors (Lipinski definition) is 4. The van der Waals surface area contributed by atoms with Gasteiger partial charge in [0.25, 0.3) is 11.8 Å². The standard InChI is InChI=1S/C18H19BrN6O2/c1-3-24-11-14(19)16(23-24)18(27)22-13-7-5-6-12(10-13)21-17(26)15-8-9-20-25(15)4-2/h5-11H,3-4H2,1-2H3,(H,21,26)(H,22,27). The van der Waals surface area contributed by atoms with E-state index in [1.807, 2.05) is 13.8 Å². The van der Waals surface area contributed by atoms with Crippen molar-refractivity contribution in [1.82, 2.24) is 19.6 Å². The van der Waals surface area contributed by atoms with Crippen LogP contribution in [0.25, 0.3) is 0 Å². The van der Waals surface area contributed by atoms with Crippen molar-refractivity contribution in [3.05, 3.63) is 58.6 Å². The van der Waals surface area contributed by atoms with Crippen LogP contribution >= 0.6 is 15.9 Å². The number of anilines is 2. The van der Waals surface area contributed by atoms with Crippen molar-refractivity contribution < 1.29 is 9.59 Å². The molecule has 0 atom stereocenters. The number of nitrogens with zero attached hydrogens (tertiary/aromatic N) is 4. The van der Waals surface area contributed by atoms with E-state index >= 15 is 0 Å². The molecule has 0 aliphatic rings. The number of amides is 2. The van der Waals surface area contributed by atoms with Crippen LogP contribution in [0, 0.1) is 0 Å². The highest BCUT2D eigenvalue weighted by molar-refractivity contribution is 9.10. The van der Waals surface area contributed by atoms with Gasteiger partial charge in [-0.2, -0.15) is 10.2 Å². The highest BCUT2D eigenvalue weighted by Gasteiger charge is 2.16. The second-order valence-electron chi connectivity index (χ2n) is 5.70. The third kappa shape index (κ3) is 4.25. The lowest BCUT2D eigenvalue weighted by molar-refractivity contribution is 0.101. The number of nitrogens with one attached hydrogen (secondary N) is 2. The molecule has 0 spiro atoms. The number of carbonyl (C=O) groups is 2. The van der Waals surface area contributed by atoms with Crippen molar-refractivity contribution in [3.8, 4) is 0 Å². The first kappa shape index (κ1) is 18.8. The van der Waals surface area contributed by atoms with Crippen LogP contribution in [0.3, 0.4) is 0 Å². The molecule has 0 fully saturated rings. The number of hydrogen-bond donors (Lipinski definition) is 2. The van der Waals surface area contributed by atoms with Gasteiger partial charge >= 0.3 is 0 Å². The lowest BCUT2D eigenvalue weighted by atomic mass is 10.2. The van der Waals surface area contributed by atoms with E-state index in [1.165, 1.54) is 0 Å². The number of rotatable bonds is 6. The molecule has 3 rings (SSSR count). The summed E-state index contributed by atoms with van der Waals surface area (Å²) in [6.45, 7) is 5.13. The van der Waals surface area contributed by atoms with Crippen molar-refractivity contribution in [3.63, 3.8) is 0 Å². The van der Waals surface area contributed by atoms with Gasteiger partial charge in [-0.1, -0.05) is 6.07 Å². The van der Waals surface area contributed by atoms with Gasteiger partial charge in [-0.25, -0.2) is 0 Å². The largest absolute Gasteiger partial charge is 0.321 e. The molecule has 27 heavy (non-hydrogen) atoms. The van der Waals surface area contributed by atoms with Gasteiger partial charge in [0.1, 0.15) is 5.69 Å². The molecule has 0 aliphatic heterocycles. The second kappa shape index (κ2) is 8.17. The number of benzene rings is 1. The van der Waals surface area contributed by atoms with Crippen molar-refractivity contribution in [2.75, 3.05) is 10.6 Å². The van der Waals surface area contributed by atoms with Gasteiger partial charge < -0.3 is 10.6 Å². The minimum absolute atomic E-state index is 0.262. The van der Waals surface area contributed by atoms with Gasteiger partial charge in [-0.3, -0.25) is 19.0 Å². The van der Waals surface area contributed by atoms with Gasteiger partial charge in [0, 0.05) is 36.9 Å². The Hall–Kier alpha value is -2.94. The molecular weight excluding hydrogens is 412 g/mol. The fourth-order valence-electron chi connectivity index (χ4n) is 2.55. The summed E-state index contributed by atoms with van der Waals surface area (Å²) in [5, 5.41) is 13.9. The summed E-state index contributed by atoms with van der Waals surface area (Å²) in [4.78, 5) is 24.9. The Balaban J connectivity index is 1.72. The summed E-state index contributed by atoms with van der Waals surface area (Å²) in [7, 11) is 0. The highest BCUT2D eigenvalue weighted by atomic mass is 79.9. The van der Waals surface area contributed by atoms with Gasteiger partial charge in [0.05, 0.1) is 4.47 Å². The molecule has 2 N–H and O–H groups in total. The van der Waals surface area contributed by atoms with Crippen LogP contribution in [-0.2, 0) is 13.1 Å². The van der Waals surface area contributed by atoms with E-state index in [4.69, 9.17) is 0 Å². The molecule has 140 valence electrons. The van der Waals surface area contributed by atoms with E-state index < -0.39 is 0 Å². The number of aromatic nitrogens is 4. The predicted octanol–water partition coefficient (Wildman–Crippen LogP) is 3.39. The number of carbonyl (C=O) groups excluding carboxylic acids is 2. The quantitative estimate of drug-likeness (QED) is 0.626. The molecule has 2 amide bonds. The normalized spacial score (nSPS) is 10.6. The van der Waals surface area contributed by atoms with Gasteiger partial charge in [-0.15, -0.1) is 0 Å². The maximum atomic E-state index is 12.5. The Bertz CT molecular complexity index is 978. The SMILES string of the molecule is CCn1cc(Br)c(C(=O)Nc2cccc(NC(=O)c3ccnn3CC)c2)n1. The summed E-state index contributed by atoms with van der Waals surface area (Å²) in [5.74, 6) is -0.594. The van der Waals surface area contributed by atoms with E-state index in [9.17, 15) is 9.59 Å². The molecule has 0 saturated heterocycles. The van der Waals surface area contributed by atoms with E-state index in [1.54, 1.807) is 52.1 Å². The van der Waals surface area contributed by atoms with E-state index in [0.717, 1.165) is 0 Å². The predicted molar refractivity (Wildman–Crippen MR) is 106 cm³/mol. The van der Waals surface area contributed by atoms with Crippen molar-refractivity contribution in [2.24, 2.45) is 0 Å². The second-order valence-corrected chi connectivity index (χ2v) is 6.56. The Morgan fingerprint density at radius 3 is 2.41 bits per heavy atom. The number of aryl methyl sites for hydroxylation is 2. The van der Waals surface area contributed by atoms with E-state index in [0.29, 0.717) is 40.3 Å². The van der Waals surface area contributed by atoms with Crippen LogP contribution in [0.2, 0.25) is 0 Å². The molecule has 0 saturated carbocycles. The van der Waals surface area contributed by atoms with Gasteiger partial charge in [0.2, 0.25) is 0 Å². The number of halogens is 1. The first-order valence-corrected chi connectivity index (χ1v) is 9.28. The smallest absolute Gasteiger partial charge is 0.277 e. The van der Waals surface area contributed by atoms with Gasteiger partial charge in [0.15, 0.2) is 5.69 Å². The summed E-state index contributed by atoms with van der Waals surface area (Å²) in [5.41, 5.74) is 1.90. The van der Waals surface area contributed by atoms with Crippen LogP contribution in [0.15, 0.2) is 47.2 Å². The summed E-state index contributed by atoms with van der Waals surface area (Å²) < 4.78 is 3.91. The van der Waals surface area contributed by atoms with Crippen LogP contribution < -0.4 is 10.6 Å². The van der Waals surface area contributed by atoms with E-state index in [-0.39, 0.29) is 11.8 Å². The average Bonchev–Trinajstić information content (AvgIpc) is 3.28. The molecular formula is C18H19BrN6O2. The summed E-state index contributed by atoms with van der Waals surface area (Å²) in [6, 6.07) is 8.59. The van der Waals surface area contributed by atoms with Crippen molar-refractivity contribution >= 4 is 39.1 Å². The molecule has 0 aliphatic carbocycles. The van der Waals surface area contributed by atoms with Crippen LogP contribution in [0.5, 0.6) is 0 Å². The molecule has 3 aromatic rings. The Kier molecular flexibility index (Phi) is 5.70. The zero-order chi connectivity index (χ0) is 19.4. The molecule has 9 heteroatoms. The average molecular weight is 431 g/mol. The lowest BCUT2D eigenvalue weighted by Gasteiger charge is -2.09. The Labute approximate surface area is 164 Å². The third-order valence-electron chi connectivity index (χ3n) is 3.88. The van der Waals surface area contributed by atoms with Crippen molar-refractivity contribution in [2.45, 2.75) is 26.9 Å².